The minimum Gasteiger partial charge on any atom is -0.375 e. The Morgan fingerprint density at radius 1 is 1.58 bits per heavy atom. The molecule has 0 bridgehead atoms. The van der Waals surface area contributed by atoms with Crippen molar-refractivity contribution in [2.24, 2.45) is 0 Å². The van der Waals surface area contributed by atoms with Gasteiger partial charge in [0.15, 0.2) is 0 Å². The normalized spacial score (nSPS) is 15.5. The van der Waals surface area contributed by atoms with Crippen molar-refractivity contribution in [1.82, 2.24) is 15.3 Å². The number of carbonyl (C=O) groups excluding carboxylic acids is 1. The molecule has 6 nitrogen and oxygen atoms in total. The van der Waals surface area contributed by atoms with Crippen LogP contribution in [0.4, 0.5) is 5.82 Å². The van der Waals surface area contributed by atoms with Gasteiger partial charge in [0, 0.05) is 20.2 Å². The monoisotopic (exact) mass is 278 g/mol. The summed E-state index contributed by atoms with van der Waals surface area (Å²) in [5, 5.41) is 4.93. The smallest absolute Gasteiger partial charge is 0.246 e. The van der Waals surface area contributed by atoms with Crippen LogP contribution in [-0.2, 0) is 9.53 Å². The molecule has 0 spiro atoms. The van der Waals surface area contributed by atoms with Gasteiger partial charge in [-0.15, -0.1) is 11.3 Å². The molecule has 0 aromatic carbocycles. The third-order valence-corrected chi connectivity index (χ3v) is 3.95. The molecule has 1 amide bonds. The van der Waals surface area contributed by atoms with Crippen molar-refractivity contribution in [3.63, 3.8) is 0 Å². The summed E-state index contributed by atoms with van der Waals surface area (Å²) in [6.07, 6.45) is 1.58. The number of carbonyl (C=O) groups is 1. The first kappa shape index (κ1) is 12.3. The zero-order chi connectivity index (χ0) is 13.2. The molecule has 0 atom stereocenters. The molecule has 2 aromatic rings. The number of anilines is 1. The number of fused-ring (bicyclic) bond motifs is 1. The molecule has 1 saturated heterocycles. The van der Waals surface area contributed by atoms with Gasteiger partial charge in [-0.25, -0.2) is 9.97 Å². The summed E-state index contributed by atoms with van der Waals surface area (Å²) in [5.74, 6) is 0.883. The standard InChI is InChI=1S/C12H14N4O2S/c1-18-6-10(17)15-8-4-16(5-8)12-11-9(2-3-19-11)13-7-14-12/h2-3,7-8H,4-6H2,1H3,(H,15,17). The molecule has 0 aliphatic carbocycles. The Morgan fingerprint density at radius 2 is 2.42 bits per heavy atom. The van der Waals surface area contributed by atoms with Crippen LogP contribution >= 0.6 is 11.3 Å². The van der Waals surface area contributed by atoms with Crippen molar-refractivity contribution in [2.75, 3.05) is 31.7 Å². The van der Waals surface area contributed by atoms with Gasteiger partial charge in [0.1, 0.15) is 18.8 Å². The Hall–Kier alpha value is -1.73. The average Bonchev–Trinajstić information content (AvgIpc) is 2.82. The maximum Gasteiger partial charge on any atom is 0.246 e. The van der Waals surface area contributed by atoms with E-state index in [0.717, 1.165) is 29.1 Å². The topological polar surface area (TPSA) is 67.3 Å². The summed E-state index contributed by atoms with van der Waals surface area (Å²) >= 11 is 1.64. The molecule has 0 radical (unpaired) electrons. The molecule has 1 N–H and O–H groups in total. The quantitative estimate of drug-likeness (QED) is 0.889. The minimum absolute atomic E-state index is 0.0730. The molecule has 3 heterocycles. The summed E-state index contributed by atoms with van der Waals surface area (Å²) in [5.41, 5.74) is 0.974. The van der Waals surface area contributed by atoms with E-state index in [9.17, 15) is 4.79 Å². The summed E-state index contributed by atoms with van der Waals surface area (Å²) in [4.78, 5) is 22.1. The largest absolute Gasteiger partial charge is 0.375 e. The van der Waals surface area contributed by atoms with Crippen LogP contribution in [-0.4, -0.2) is 48.7 Å². The van der Waals surface area contributed by atoms with Gasteiger partial charge in [0.2, 0.25) is 5.91 Å². The van der Waals surface area contributed by atoms with E-state index in [0.29, 0.717) is 0 Å². The highest BCUT2D eigenvalue weighted by atomic mass is 32.1. The van der Waals surface area contributed by atoms with Crippen molar-refractivity contribution < 1.29 is 9.53 Å². The van der Waals surface area contributed by atoms with E-state index in [2.05, 4.69) is 20.2 Å². The van der Waals surface area contributed by atoms with Gasteiger partial charge < -0.3 is 15.0 Å². The Morgan fingerprint density at radius 3 is 3.21 bits per heavy atom. The number of hydrogen-bond donors (Lipinski definition) is 1. The molecule has 7 heteroatoms. The van der Waals surface area contributed by atoms with Gasteiger partial charge in [0.05, 0.1) is 16.3 Å². The number of ether oxygens (including phenoxy) is 1. The zero-order valence-corrected chi connectivity index (χ0v) is 11.3. The van der Waals surface area contributed by atoms with E-state index in [1.165, 1.54) is 7.11 Å². The number of amides is 1. The van der Waals surface area contributed by atoms with Crippen molar-refractivity contribution >= 4 is 33.3 Å². The highest BCUT2D eigenvalue weighted by Crippen LogP contribution is 2.30. The van der Waals surface area contributed by atoms with Crippen LogP contribution in [0.2, 0.25) is 0 Å². The summed E-state index contributed by atoms with van der Waals surface area (Å²) in [6.45, 7) is 1.66. The predicted molar refractivity (Wildman–Crippen MR) is 73.4 cm³/mol. The third-order valence-electron chi connectivity index (χ3n) is 3.05. The van der Waals surface area contributed by atoms with Gasteiger partial charge in [-0.2, -0.15) is 0 Å². The molecule has 19 heavy (non-hydrogen) atoms. The lowest BCUT2D eigenvalue weighted by Gasteiger charge is -2.40. The summed E-state index contributed by atoms with van der Waals surface area (Å²) < 4.78 is 5.89. The van der Waals surface area contributed by atoms with Gasteiger partial charge in [-0.1, -0.05) is 0 Å². The highest BCUT2D eigenvalue weighted by Gasteiger charge is 2.30. The Balaban J connectivity index is 1.64. The Kier molecular flexibility index (Phi) is 3.31. The molecule has 1 aliphatic rings. The number of rotatable bonds is 4. The van der Waals surface area contributed by atoms with Crippen LogP contribution in [0, 0.1) is 0 Å². The summed E-state index contributed by atoms with van der Waals surface area (Å²) in [7, 11) is 1.51. The Bertz CT molecular complexity index is 594. The average molecular weight is 278 g/mol. The van der Waals surface area contributed by atoms with Crippen molar-refractivity contribution in [3.8, 4) is 0 Å². The van der Waals surface area contributed by atoms with E-state index in [1.807, 2.05) is 11.4 Å². The van der Waals surface area contributed by atoms with Crippen LogP contribution in [0.15, 0.2) is 17.8 Å². The van der Waals surface area contributed by atoms with Crippen LogP contribution in [0.5, 0.6) is 0 Å². The lowest BCUT2D eigenvalue weighted by Crippen LogP contribution is -2.60. The van der Waals surface area contributed by atoms with Crippen molar-refractivity contribution in [1.29, 1.82) is 0 Å². The van der Waals surface area contributed by atoms with Crippen LogP contribution in [0.1, 0.15) is 0 Å². The van der Waals surface area contributed by atoms with E-state index >= 15 is 0 Å². The fourth-order valence-electron chi connectivity index (χ4n) is 2.14. The fourth-order valence-corrected chi connectivity index (χ4v) is 3.01. The lowest BCUT2D eigenvalue weighted by molar-refractivity contribution is -0.125. The van der Waals surface area contributed by atoms with Gasteiger partial charge in [0.25, 0.3) is 0 Å². The maximum atomic E-state index is 11.4. The third kappa shape index (κ3) is 2.39. The Labute approximate surface area is 114 Å². The molecule has 2 aromatic heterocycles. The van der Waals surface area contributed by atoms with Crippen molar-refractivity contribution in [3.05, 3.63) is 17.8 Å². The number of thiophene rings is 1. The number of methoxy groups -OCH3 is 1. The molecular weight excluding hydrogens is 264 g/mol. The number of hydrogen-bond acceptors (Lipinski definition) is 6. The second-order valence-electron chi connectivity index (χ2n) is 4.43. The SMILES string of the molecule is COCC(=O)NC1CN(c2ncnc3ccsc23)C1. The minimum atomic E-state index is -0.0730. The predicted octanol–water partition coefficient (Wildman–Crippen LogP) is 0.643. The number of nitrogens with zero attached hydrogens (tertiary/aromatic N) is 3. The van der Waals surface area contributed by atoms with E-state index in [4.69, 9.17) is 4.74 Å². The lowest BCUT2D eigenvalue weighted by atomic mass is 10.1. The molecule has 100 valence electrons. The molecule has 0 unspecified atom stereocenters. The van der Waals surface area contributed by atoms with E-state index in [-0.39, 0.29) is 18.6 Å². The maximum absolute atomic E-state index is 11.4. The van der Waals surface area contributed by atoms with Crippen LogP contribution in [0.25, 0.3) is 10.2 Å². The molecular formula is C12H14N4O2S. The van der Waals surface area contributed by atoms with Gasteiger partial charge in [-0.05, 0) is 11.4 Å². The first-order valence-electron chi connectivity index (χ1n) is 5.99. The van der Waals surface area contributed by atoms with Crippen molar-refractivity contribution in [2.45, 2.75) is 6.04 Å². The molecule has 1 aliphatic heterocycles. The first-order chi connectivity index (χ1) is 9.28. The van der Waals surface area contributed by atoms with Crippen LogP contribution < -0.4 is 10.2 Å². The second kappa shape index (κ2) is 5.10. The van der Waals surface area contributed by atoms with E-state index < -0.39 is 0 Å². The summed E-state index contributed by atoms with van der Waals surface area (Å²) in [6, 6.07) is 2.16. The fraction of sp³-hybridized carbons (Fsp3) is 0.417. The molecule has 1 fully saturated rings. The van der Waals surface area contributed by atoms with Crippen LogP contribution in [0.3, 0.4) is 0 Å². The first-order valence-corrected chi connectivity index (χ1v) is 6.87. The van der Waals surface area contributed by atoms with Gasteiger partial charge in [-0.3, -0.25) is 4.79 Å². The van der Waals surface area contributed by atoms with Gasteiger partial charge >= 0.3 is 0 Å². The number of nitrogens with one attached hydrogen (secondary N) is 1. The molecule has 3 rings (SSSR count). The highest BCUT2D eigenvalue weighted by molar-refractivity contribution is 7.17. The molecule has 0 saturated carbocycles. The second-order valence-corrected chi connectivity index (χ2v) is 5.35. The zero-order valence-electron chi connectivity index (χ0n) is 10.5. The number of aromatic nitrogens is 2. The van der Waals surface area contributed by atoms with E-state index in [1.54, 1.807) is 17.7 Å².